The molecule has 1 fully saturated rings. The number of benzene rings is 2. The Morgan fingerprint density at radius 3 is 2.37 bits per heavy atom. The van der Waals surface area contributed by atoms with Crippen molar-refractivity contribution in [3.63, 3.8) is 0 Å². The number of rotatable bonds is 6. The molecule has 0 saturated carbocycles. The molecule has 6 heteroatoms. The van der Waals surface area contributed by atoms with Crippen LogP contribution in [0.4, 0.5) is 0 Å². The zero-order valence-corrected chi connectivity index (χ0v) is 16.5. The summed E-state index contributed by atoms with van der Waals surface area (Å²) in [4.78, 5) is 17.1. The molecule has 1 saturated heterocycles. The molecule has 2 aromatic rings. The van der Waals surface area contributed by atoms with Gasteiger partial charge in [0, 0.05) is 43.3 Å². The number of amides is 1. The lowest BCUT2D eigenvalue weighted by atomic mass is 10.1. The second-order valence-corrected chi connectivity index (χ2v) is 6.93. The van der Waals surface area contributed by atoms with Gasteiger partial charge in [-0.3, -0.25) is 9.69 Å². The average Bonchev–Trinajstić information content (AvgIpc) is 2.70. The smallest absolute Gasteiger partial charge is 0.254 e. The number of carbonyl (C=O) groups excluding carboxylic acids is 1. The van der Waals surface area contributed by atoms with Gasteiger partial charge in [-0.1, -0.05) is 23.7 Å². The fourth-order valence-corrected chi connectivity index (χ4v) is 3.34. The summed E-state index contributed by atoms with van der Waals surface area (Å²) in [7, 11) is 1.58. The van der Waals surface area contributed by atoms with Gasteiger partial charge < -0.3 is 14.4 Å². The number of nitrogens with zero attached hydrogens (tertiary/aromatic N) is 2. The van der Waals surface area contributed by atoms with Crippen LogP contribution in [-0.2, 0) is 6.54 Å². The van der Waals surface area contributed by atoms with Crippen LogP contribution in [0.25, 0.3) is 0 Å². The van der Waals surface area contributed by atoms with Crippen LogP contribution in [0.15, 0.2) is 42.5 Å². The molecule has 0 aromatic heterocycles. The van der Waals surface area contributed by atoms with E-state index >= 15 is 0 Å². The van der Waals surface area contributed by atoms with Crippen LogP contribution in [0.2, 0.25) is 5.02 Å². The van der Waals surface area contributed by atoms with Crippen LogP contribution < -0.4 is 9.47 Å². The summed E-state index contributed by atoms with van der Waals surface area (Å²) >= 11 is 5.94. The van der Waals surface area contributed by atoms with E-state index in [1.165, 1.54) is 5.56 Å². The number of hydrogen-bond donors (Lipinski definition) is 0. The molecule has 0 atom stereocenters. The van der Waals surface area contributed by atoms with Crippen LogP contribution in [-0.4, -0.2) is 55.6 Å². The van der Waals surface area contributed by atoms with E-state index in [1.54, 1.807) is 25.3 Å². The molecule has 0 aliphatic carbocycles. The third-order valence-corrected chi connectivity index (χ3v) is 4.94. The van der Waals surface area contributed by atoms with Gasteiger partial charge in [0.15, 0.2) is 11.5 Å². The highest BCUT2D eigenvalue weighted by molar-refractivity contribution is 6.30. The van der Waals surface area contributed by atoms with Crippen LogP contribution >= 0.6 is 11.6 Å². The van der Waals surface area contributed by atoms with E-state index in [0.717, 1.165) is 24.7 Å². The van der Waals surface area contributed by atoms with Crippen molar-refractivity contribution in [2.45, 2.75) is 13.5 Å². The first-order chi connectivity index (χ1) is 13.1. The normalized spacial score (nSPS) is 14.9. The number of piperazine rings is 1. The first-order valence-electron chi connectivity index (χ1n) is 9.17. The van der Waals surface area contributed by atoms with Gasteiger partial charge in [0.2, 0.25) is 0 Å². The second kappa shape index (κ2) is 9.11. The molecular weight excluding hydrogens is 364 g/mol. The molecule has 144 valence electrons. The summed E-state index contributed by atoms with van der Waals surface area (Å²) in [5, 5.41) is 0.750. The van der Waals surface area contributed by atoms with E-state index in [9.17, 15) is 4.79 Å². The lowest BCUT2D eigenvalue weighted by Crippen LogP contribution is -2.48. The zero-order chi connectivity index (χ0) is 19.2. The number of carbonyl (C=O) groups is 1. The van der Waals surface area contributed by atoms with E-state index in [4.69, 9.17) is 21.1 Å². The van der Waals surface area contributed by atoms with Gasteiger partial charge in [-0.25, -0.2) is 0 Å². The molecule has 0 bridgehead atoms. The highest BCUT2D eigenvalue weighted by Crippen LogP contribution is 2.28. The van der Waals surface area contributed by atoms with Gasteiger partial charge in [-0.05, 0) is 42.8 Å². The Morgan fingerprint density at radius 1 is 1.04 bits per heavy atom. The van der Waals surface area contributed by atoms with Gasteiger partial charge in [-0.15, -0.1) is 0 Å². The standard InChI is InChI=1S/C21H25ClN2O3/c1-3-27-19-9-6-17(14-20(19)26-2)21(25)24-12-10-23(11-13-24)15-16-4-7-18(22)8-5-16/h4-9,14H,3,10-13,15H2,1-2H3. The summed E-state index contributed by atoms with van der Waals surface area (Å²) in [6.07, 6.45) is 0. The quantitative estimate of drug-likeness (QED) is 0.756. The largest absolute Gasteiger partial charge is 0.493 e. The molecule has 0 spiro atoms. The topological polar surface area (TPSA) is 42.0 Å². The highest BCUT2D eigenvalue weighted by atomic mass is 35.5. The molecule has 0 radical (unpaired) electrons. The first kappa shape index (κ1) is 19.5. The maximum absolute atomic E-state index is 12.8. The van der Waals surface area contributed by atoms with Crippen molar-refractivity contribution in [1.29, 1.82) is 0 Å². The Balaban J connectivity index is 1.58. The van der Waals surface area contributed by atoms with Crippen LogP contribution in [0, 0.1) is 0 Å². The van der Waals surface area contributed by atoms with E-state index in [1.807, 2.05) is 36.1 Å². The molecule has 0 unspecified atom stereocenters. The second-order valence-electron chi connectivity index (χ2n) is 6.49. The van der Waals surface area contributed by atoms with Crippen molar-refractivity contribution in [1.82, 2.24) is 9.80 Å². The number of methoxy groups -OCH3 is 1. The Bertz CT molecular complexity index is 771. The van der Waals surface area contributed by atoms with Crippen LogP contribution in [0.3, 0.4) is 0 Å². The molecule has 27 heavy (non-hydrogen) atoms. The zero-order valence-electron chi connectivity index (χ0n) is 15.8. The fraction of sp³-hybridized carbons (Fsp3) is 0.381. The molecule has 2 aromatic carbocycles. The third-order valence-electron chi connectivity index (χ3n) is 4.69. The Labute approximate surface area is 165 Å². The van der Waals surface area contributed by atoms with Gasteiger partial charge in [0.05, 0.1) is 13.7 Å². The van der Waals surface area contributed by atoms with E-state index < -0.39 is 0 Å². The molecule has 5 nitrogen and oxygen atoms in total. The Kier molecular flexibility index (Phi) is 6.58. The van der Waals surface area contributed by atoms with Crippen molar-refractivity contribution in [3.8, 4) is 11.5 Å². The molecule has 1 aliphatic rings. The summed E-state index contributed by atoms with van der Waals surface area (Å²) in [5.41, 5.74) is 1.86. The highest BCUT2D eigenvalue weighted by Gasteiger charge is 2.23. The van der Waals surface area contributed by atoms with Crippen molar-refractivity contribution in [2.75, 3.05) is 39.9 Å². The van der Waals surface area contributed by atoms with Crippen LogP contribution in [0.1, 0.15) is 22.8 Å². The molecule has 1 amide bonds. The Morgan fingerprint density at radius 2 is 1.74 bits per heavy atom. The predicted octanol–water partition coefficient (Wildman–Crippen LogP) is 3.71. The van der Waals surface area contributed by atoms with Crippen molar-refractivity contribution < 1.29 is 14.3 Å². The van der Waals surface area contributed by atoms with E-state index in [0.29, 0.717) is 36.8 Å². The molecule has 3 rings (SSSR count). The molecule has 1 aliphatic heterocycles. The average molecular weight is 389 g/mol. The summed E-state index contributed by atoms with van der Waals surface area (Å²) in [6.45, 7) is 6.46. The molecule has 1 heterocycles. The lowest BCUT2D eigenvalue weighted by molar-refractivity contribution is 0.0628. The van der Waals surface area contributed by atoms with E-state index in [2.05, 4.69) is 4.90 Å². The summed E-state index contributed by atoms with van der Waals surface area (Å²) in [6, 6.07) is 13.3. The van der Waals surface area contributed by atoms with Crippen molar-refractivity contribution in [2.24, 2.45) is 0 Å². The van der Waals surface area contributed by atoms with Gasteiger partial charge >= 0.3 is 0 Å². The minimum Gasteiger partial charge on any atom is -0.493 e. The molecule has 0 N–H and O–H groups in total. The lowest BCUT2D eigenvalue weighted by Gasteiger charge is -2.34. The van der Waals surface area contributed by atoms with E-state index in [-0.39, 0.29) is 5.91 Å². The summed E-state index contributed by atoms with van der Waals surface area (Å²) in [5.74, 6) is 1.27. The number of ether oxygens (including phenoxy) is 2. The minimum absolute atomic E-state index is 0.0301. The van der Waals surface area contributed by atoms with Crippen LogP contribution in [0.5, 0.6) is 11.5 Å². The monoisotopic (exact) mass is 388 g/mol. The number of halogens is 1. The van der Waals surface area contributed by atoms with Crippen molar-refractivity contribution >= 4 is 17.5 Å². The van der Waals surface area contributed by atoms with Gasteiger partial charge in [0.1, 0.15) is 0 Å². The SMILES string of the molecule is CCOc1ccc(C(=O)N2CCN(Cc3ccc(Cl)cc3)CC2)cc1OC. The van der Waals surface area contributed by atoms with Crippen molar-refractivity contribution in [3.05, 3.63) is 58.6 Å². The minimum atomic E-state index is 0.0301. The predicted molar refractivity (Wildman–Crippen MR) is 107 cm³/mol. The van der Waals surface area contributed by atoms with Gasteiger partial charge in [0.25, 0.3) is 5.91 Å². The fourth-order valence-electron chi connectivity index (χ4n) is 3.22. The maximum atomic E-state index is 12.8. The Hall–Kier alpha value is -2.24. The molecular formula is C21H25ClN2O3. The number of hydrogen-bond acceptors (Lipinski definition) is 4. The maximum Gasteiger partial charge on any atom is 0.254 e. The van der Waals surface area contributed by atoms with Gasteiger partial charge in [-0.2, -0.15) is 0 Å². The summed E-state index contributed by atoms with van der Waals surface area (Å²) < 4.78 is 10.9. The third kappa shape index (κ3) is 4.93. The first-order valence-corrected chi connectivity index (χ1v) is 9.55.